The highest BCUT2D eigenvalue weighted by Crippen LogP contribution is 2.51. The summed E-state index contributed by atoms with van der Waals surface area (Å²) in [6, 6.07) is 1.54. The summed E-state index contributed by atoms with van der Waals surface area (Å²) >= 11 is 0. The molecule has 0 aromatic carbocycles. The van der Waals surface area contributed by atoms with Crippen molar-refractivity contribution in [3.05, 3.63) is 0 Å². The molecule has 0 radical (unpaired) electrons. The number of piperidine rings is 1. The van der Waals surface area contributed by atoms with Gasteiger partial charge in [0, 0.05) is 38.8 Å². The van der Waals surface area contributed by atoms with Crippen molar-refractivity contribution >= 4 is 6.09 Å². The van der Waals surface area contributed by atoms with Crippen LogP contribution in [0, 0.1) is 11.3 Å². The van der Waals surface area contributed by atoms with Gasteiger partial charge < -0.3 is 19.3 Å². The second-order valence-corrected chi connectivity index (χ2v) is 9.54. The molecule has 1 aliphatic carbocycles. The number of rotatable bonds is 6. The van der Waals surface area contributed by atoms with Crippen molar-refractivity contribution in [3.8, 4) is 0 Å². The molecule has 6 heteroatoms. The Kier molecular flexibility index (Phi) is 6.48. The molecule has 160 valence electrons. The minimum atomic E-state index is -0.113. The fraction of sp³-hybridized carbons (Fsp3) is 0.955. The van der Waals surface area contributed by atoms with E-state index in [1.807, 2.05) is 18.9 Å². The number of nitrogens with zero attached hydrogens (tertiary/aromatic N) is 3. The normalized spacial score (nSPS) is 34.9. The van der Waals surface area contributed by atoms with E-state index in [1.54, 1.807) is 0 Å². The first-order valence-electron chi connectivity index (χ1n) is 11.5. The summed E-state index contributed by atoms with van der Waals surface area (Å²) in [5, 5.41) is 0. The van der Waals surface area contributed by atoms with Crippen LogP contribution in [0.4, 0.5) is 4.79 Å². The lowest BCUT2D eigenvalue weighted by molar-refractivity contribution is -0.0166. The van der Waals surface area contributed by atoms with Crippen LogP contribution in [-0.4, -0.2) is 92.5 Å². The van der Waals surface area contributed by atoms with E-state index < -0.39 is 0 Å². The molecule has 0 aromatic rings. The van der Waals surface area contributed by atoms with Crippen LogP contribution < -0.4 is 0 Å². The fourth-order valence-electron chi connectivity index (χ4n) is 6.38. The Hall–Kier alpha value is -0.850. The molecule has 4 rings (SSSR count). The van der Waals surface area contributed by atoms with E-state index in [-0.39, 0.29) is 6.09 Å². The van der Waals surface area contributed by atoms with Crippen LogP contribution >= 0.6 is 0 Å². The predicted octanol–water partition coefficient (Wildman–Crippen LogP) is 2.82. The van der Waals surface area contributed by atoms with Crippen molar-refractivity contribution < 1.29 is 14.3 Å². The molecule has 1 amide bonds. The monoisotopic (exact) mass is 393 g/mol. The first-order valence-corrected chi connectivity index (χ1v) is 11.5. The van der Waals surface area contributed by atoms with Crippen LogP contribution in [0.15, 0.2) is 0 Å². The third-order valence-electron chi connectivity index (χ3n) is 7.93. The molecule has 0 bridgehead atoms. The molecule has 6 nitrogen and oxygen atoms in total. The van der Waals surface area contributed by atoms with E-state index >= 15 is 0 Å². The molecule has 3 saturated heterocycles. The van der Waals surface area contributed by atoms with E-state index in [4.69, 9.17) is 9.47 Å². The molecule has 3 aliphatic heterocycles. The van der Waals surface area contributed by atoms with E-state index in [0.717, 1.165) is 50.7 Å². The smallest absolute Gasteiger partial charge is 0.409 e. The maximum Gasteiger partial charge on any atom is 0.409 e. The maximum absolute atomic E-state index is 12.0. The highest BCUT2D eigenvalue weighted by molar-refractivity contribution is 5.68. The van der Waals surface area contributed by atoms with Gasteiger partial charge in [-0.25, -0.2) is 4.79 Å². The lowest BCUT2D eigenvalue weighted by Gasteiger charge is -2.52. The average Bonchev–Trinajstić information content (AvgIpc) is 3.33. The number of hydrogen-bond acceptors (Lipinski definition) is 5. The van der Waals surface area contributed by atoms with Gasteiger partial charge in [-0.1, -0.05) is 0 Å². The average molecular weight is 394 g/mol. The summed E-state index contributed by atoms with van der Waals surface area (Å²) in [4.78, 5) is 19.4. The zero-order valence-electron chi connectivity index (χ0n) is 17.9. The summed E-state index contributed by atoms with van der Waals surface area (Å²) in [5.74, 6) is 0.871. The van der Waals surface area contributed by atoms with Gasteiger partial charge in [0.1, 0.15) is 0 Å². The van der Waals surface area contributed by atoms with Crippen LogP contribution in [0.3, 0.4) is 0 Å². The number of likely N-dealkylation sites (tertiary alicyclic amines) is 3. The first-order chi connectivity index (χ1) is 13.6. The largest absolute Gasteiger partial charge is 0.450 e. The van der Waals surface area contributed by atoms with Crippen molar-refractivity contribution in [2.75, 3.05) is 59.6 Å². The molecule has 4 aliphatic rings. The molecule has 28 heavy (non-hydrogen) atoms. The minimum Gasteiger partial charge on any atom is -0.450 e. The van der Waals surface area contributed by atoms with Gasteiger partial charge in [0.05, 0.1) is 13.2 Å². The first kappa shape index (κ1) is 20.4. The van der Waals surface area contributed by atoms with Crippen molar-refractivity contribution in [3.63, 3.8) is 0 Å². The third kappa shape index (κ3) is 4.19. The number of hydrogen-bond donors (Lipinski definition) is 0. The van der Waals surface area contributed by atoms with E-state index in [9.17, 15) is 4.79 Å². The lowest BCUT2D eigenvalue weighted by Crippen LogP contribution is -2.55. The summed E-state index contributed by atoms with van der Waals surface area (Å²) in [6.07, 6.45) is 9.04. The molecule has 1 saturated carbocycles. The lowest BCUT2D eigenvalue weighted by atomic mass is 9.64. The third-order valence-corrected chi connectivity index (χ3v) is 7.93. The van der Waals surface area contributed by atoms with Crippen LogP contribution in [0.1, 0.15) is 51.9 Å². The summed E-state index contributed by atoms with van der Waals surface area (Å²) < 4.78 is 10.5. The van der Waals surface area contributed by atoms with Gasteiger partial charge in [-0.05, 0) is 82.8 Å². The van der Waals surface area contributed by atoms with Crippen LogP contribution in [0.25, 0.3) is 0 Å². The predicted molar refractivity (Wildman–Crippen MR) is 109 cm³/mol. The zero-order valence-corrected chi connectivity index (χ0v) is 17.9. The number of ether oxygens (including phenoxy) is 2. The van der Waals surface area contributed by atoms with E-state index in [1.165, 1.54) is 58.2 Å². The Morgan fingerprint density at radius 1 is 1.11 bits per heavy atom. The molecule has 3 heterocycles. The van der Waals surface area contributed by atoms with Crippen LogP contribution in [0.2, 0.25) is 0 Å². The Labute approximate surface area is 170 Å². The number of amides is 1. The molecule has 1 spiro atoms. The van der Waals surface area contributed by atoms with Gasteiger partial charge in [0.25, 0.3) is 0 Å². The second-order valence-electron chi connectivity index (χ2n) is 9.54. The number of carbonyl (C=O) groups is 1. The van der Waals surface area contributed by atoms with Crippen molar-refractivity contribution in [2.45, 2.75) is 64.0 Å². The summed E-state index contributed by atoms with van der Waals surface area (Å²) in [5.41, 5.74) is 0.386. The molecule has 1 atom stereocenters. The SMILES string of the molecule is CCOC(=O)N1CCC2(CC(N3CCC([C@@H]4CCCN4CCOC)CC3)C2)C1. The van der Waals surface area contributed by atoms with Gasteiger partial charge in [-0.2, -0.15) is 0 Å². The highest BCUT2D eigenvalue weighted by atomic mass is 16.6. The molecular formula is C22H39N3O3. The van der Waals surface area contributed by atoms with Gasteiger partial charge >= 0.3 is 6.09 Å². The van der Waals surface area contributed by atoms with Crippen molar-refractivity contribution in [1.29, 1.82) is 0 Å². The zero-order chi connectivity index (χ0) is 19.6. The molecule has 4 fully saturated rings. The van der Waals surface area contributed by atoms with Gasteiger partial charge in [-0.3, -0.25) is 4.90 Å². The standard InChI is InChI=1S/C22H39N3O3/c1-3-28-21(26)25-12-8-22(17-25)15-19(16-22)23-10-6-18(7-11-23)20-5-4-9-24(20)13-14-27-2/h18-20H,3-17H2,1-2H3/t19?,20-,22?/m0/s1. The molecular weight excluding hydrogens is 354 g/mol. The van der Waals surface area contributed by atoms with Gasteiger partial charge in [0.15, 0.2) is 0 Å². The minimum absolute atomic E-state index is 0.113. The highest BCUT2D eigenvalue weighted by Gasteiger charge is 2.51. The van der Waals surface area contributed by atoms with Crippen molar-refractivity contribution in [2.24, 2.45) is 11.3 Å². The topological polar surface area (TPSA) is 45.2 Å². The summed E-state index contributed by atoms with van der Waals surface area (Å²) in [6.45, 7) is 9.91. The molecule has 0 N–H and O–H groups in total. The Balaban J connectivity index is 1.20. The van der Waals surface area contributed by atoms with Crippen molar-refractivity contribution in [1.82, 2.24) is 14.7 Å². The van der Waals surface area contributed by atoms with E-state index in [2.05, 4.69) is 9.80 Å². The molecule has 0 unspecified atom stereocenters. The number of carbonyl (C=O) groups excluding carboxylic acids is 1. The number of methoxy groups -OCH3 is 1. The van der Waals surface area contributed by atoms with E-state index in [0.29, 0.717) is 12.0 Å². The van der Waals surface area contributed by atoms with Gasteiger partial charge in [0.2, 0.25) is 0 Å². The fourth-order valence-corrected chi connectivity index (χ4v) is 6.38. The second kappa shape index (κ2) is 8.88. The Morgan fingerprint density at radius 2 is 1.89 bits per heavy atom. The van der Waals surface area contributed by atoms with Crippen LogP contribution in [0.5, 0.6) is 0 Å². The Bertz CT molecular complexity index is 529. The Morgan fingerprint density at radius 3 is 2.61 bits per heavy atom. The maximum atomic E-state index is 12.0. The summed E-state index contributed by atoms with van der Waals surface area (Å²) in [7, 11) is 1.81. The van der Waals surface area contributed by atoms with Crippen LogP contribution in [-0.2, 0) is 9.47 Å². The molecule has 0 aromatic heterocycles. The van der Waals surface area contributed by atoms with Gasteiger partial charge in [-0.15, -0.1) is 0 Å². The quantitative estimate of drug-likeness (QED) is 0.694.